The van der Waals surface area contributed by atoms with Crippen LogP contribution in [0.25, 0.3) is 0 Å². The van der Waals surface area contributed by atoms with Crippen molar-refractivity contribution in [1.29, 1.82) is 0 Å². The molecule has 1 aromatic rings. The summed E-state index contributed by atoms with van der Waals surface area (Å²) < 4.78 is 0. The van der Waals surface area contributed by atoms with Gasteiger partial charge in [-0.3, -0.25) is 9.69 Å². The fourth-order valence-corrected chi connectivity index (χ4v) is 2.49. The second-order valence-corrected chi connectivity index (χ2v) is 5.54. The molecule has 1 aliphatic heterocycles. The molecule has 0 saturated carbocycles. The average Bonchev–Trinajstić information content (AvgIpc) is 2.39. The van der Waals surface area contributed by atoms with Crippen LogP contribution in [0.4, 0.5) is 11.4 Å². The highest BCUT2D eigenvalue weighted by Gasteiger charge is 2.20. The summed E-state index contributed by atoms with van der Waals surface area (Å²) in [5.41, 5.74) is 7.92. The molecule has 0 unspecified atom stereocenters. The molecule has 0 bridgehead atoms. The van der Waals surface area contributed by atoms with Gasteiger partial charge in [-0.25, -0.2) is 0 Å². The molecule has 0 radical (unpaired) electrons. The predicted molar refractivity (Wildman–Crippen MR) is 82.8 cm³/mol. The number of piperazine rings is 1. The minimum absolute atomic E-state index is 0.104. The van der Waals surface area contributed by atoms with Crippen molar-refractivity contribution in [2.75, 3.05) is 43.4 Å². The van der Waals surface area contributed by atoms with Crippen LogP contribution >= 0.6 is 0 Å². The molecule has 5 heteroatoms. The third-order valence-corrected chi connectivity index (χ3v) is 3.47. The van der Waals surface area contributed by atoms with Crippen LogP contribution in [0.5, 0.6) is 0 Å². The number of benzene rings is 1. The first kappa shape index (κ1) is 14.7. The van der Waals surface area contributed by atoms with Gasteiger partial charge in [-0.05, 0) is 26.0 Å². The molecule has 1 amide bonds. The number of nitrogens with zero attached hydrogens (tertiary/aromatic N) is 2. The molecular weight excluding hydrogens is 252 g/mol. The van der Waals surface area contributed by atoms with E-state index in [4.69, 9.17) is 5.73 Å². The fourth-order valence-electron chi connectivity index (χ4n) is 2.49. The number of anilines is 2. The Bertz CT molecular complexity index is 453. The van der Waals surface area contributed by atoms with Gasteiger partial charge in [0.1, 0.15) is 0 Å². The van der Waals surface area contributed by atoms with E-state index in [1.807, 2.05) is 32.0 Å². The molecule has 3 N–H and O–H groups in total. The second kappa shape index (κ2) is 6.61. The number of para-hydroxylation sites is 2. The lowest BCUT2D eigenvalue weighted by Gasteiger charge is -2.36. The summed E-state index contributed by atoms with van der Waals surface area (Å²) in [7, 11) is 0. The molecule has 1 aliphatic rings. The number of nitrogens with one attached hydrogen (secondary N) is 1. The Morgan fingerprint density at radius 2 is 1.90 bits per heavy atom. The molecule has 1 heterocycles. The topological polar surface area (TPSA) is 61.6 Å². The predicted octanol–water partition coefficient (Wildman–Crippen LogP) is 0.915. The lowest BCUT2D eigenvalue weighted by atomic mass is 10.2. The van der Waals surface area contributed by atoms with E-state index in [2.05, 4.69) is 21.2 Å². The molecule has 0 spiro atoms. The Labute approximate surface area is 120 Å². The number of nitrogens with two attached hydrogens (primary N) is 1. The molecule has 5 nitrogen and oxygen atoms in total. The van der Waals surface area contributed by atoms with Gasteiger partial charge in [0.15, 0.2) is 0 Å². The van der Waals surface area contributed by atoms with Crippen molar-refractivity contribution in [1.82, 2.24) is 10.2 Å². The lowest BCUT2D eigenvalue weighted by Crippen LogP contribution is -2.50. The number of hydrogen-bond acceptors (Lipinski definition) is 4. The van der Waals surface area contributed by atoms with Crippen LogP contribution in [0.2, 0.25) is 0 Å². The number of rotatable bonds is 4. The Morgan fingerprint density at radius 1 is 1.25 bits per heavy atom. The maximum Gasteiger partial charge on any atom is 0.234 e. The minimum Gasteiger partial charge on any atom is -0.397 e. The maximum atomic E-state index is 11.7. The van der Waals surface area contributed by atoms with E-state index in [1.54, 1.807) is 0 Å². The maximum absolute atomic E-state index is 11.7. The van der Waals surface area contributed by atoms with Gasteiger partial charge >= 0.3 is 0 Å². The zero-order chi connectivity index (χ0) is 14.5. The van der Waals surface area contributed by atoms with Gasteiger partial charge in [0, 0.05) is 32.2 Å². The van der Waals surface area contributed by atoms with Crippen molar-refractivity contribution in [3.05, 3.63) is 24.3 Å². The summed E-state index contributed by atoms with van der Waals surface area (Å²) in [5, 5.41) is 2.93. The Hall–Kier alpha value is -1.75. The third-order valence-electron chi connectivity index (χ3n) is 3.47. The van der Waals surface area contributed by atoms with Crippen molar-refractivity contribution in [3.8, 4) is 0 Å². The van der Waals surface area contributed by atoms with E-state index < -0.39 is 0 Å². The van der Waals surface area contributed by atoms with Crippen molar-refractivity contribution in [3.63, 3.8) is 0 Å². The summed E-state index contributed by atoms with van der Waals surface area (Å²) in [6, 6.07) is 8.14. The summed E-state index contributed by atoms with van der Waals surface area (Å²) >= 11 is 0. The van der Waals surface area contributed by atoms with E-state index in [0.29, 0.717) is 6.54 Å². The van der Waals surface area contributed by atoms with Gasteiger partial charge in [0.25, 0.3) is 0 Å². The highest BCUT2D eigenvalue weighted by Crippen LogP contribution is 2.23. The van der Waals surface area contributed by atoms with Gasteiger partial charge in [-0.2, -0.15) is 0 Å². The SMILES string of the molecule is CC(C)NC(=O)CN1CCN(c2ccccc2N)CC1. The summed E-state index contributed by atoms with van der Waals surface area (Å²) in [6.45, 7) is 8.03. The highest BCUT2D eigenvalue weighted by molar-refractivity contribution is 5.78. The van der Waals surface area contributed by atoms with Crippen LogP contribution in [0.15, 0.2) is 24.3 Å². The average molecular weight is 276 g/mol. The fraction of sp³-hybridized carbons (Fsp3) is 0.533. The van der Waals surface area contributed by atoms with Crippen molar-refractivity contribution in [2.24, 2.45) is 0 Å². The van der Waals surface area contributed by atoms with E-state index in [9.17, 15) is 4.79 Å². The molecule has 20 heavy (non-hydrogen) atoms. The van der Waals surface area contributed by atoms with Crippen LogP contribution in [0.1, 0.15) is 13.8 Å². The van der Waals surface area contributed by atoms with Crippen LogP contribution in [-0.2, 0) is 4.79 Å². The first-order valence-electron chi connectivity index (χ1n) is 7.17. The number of carbonyl (C=O) groups excluding carboxylic acids is 1. The number of nitrogen functional groups attached to an aromatic ring is 1. The van der Waals surface area contributed by atoms with Crippen LogP contribution in [0.3, 0.4) is 0 Å². The van der Waals surface area contributed by atoms with Gasteiger partial charge in [0.2, 0.25) is 5.91 Å². The molecule has 0 aromatic heterocycles. The lowest BCUT2D eigenvalue weighted by molar-refractivity contribution is -0.122. The zero-order valence-corrected chi connectivity index (χ0v) is 12.3. The smallest absolute Gasteiger partial charge is 0.234 e. The molecule has 0 atom stereocenters. The van der Waals surface area contributed by atoms with E-state index in [0.717, 1.165) is 37.6 Å². The van der Waals surface area contributed by atoms with Gasteiger partial charge in [0.05, 0.1) is 17.9 Å². The molecule has 0 aliphatic carbocycles. The Kier molecular flexibility index (Phi) is 4.84. The van der Waals surface area contributed by atoms with Crippen molar-refractivity contribution < 1.29 is 4.79 Å². The van der Waals surface area contributed by atoms with Crippen LogP contribution in [0, 0.1) is 0 Å². The molecule has 1 fully saturated rings. The zero-order valence-electron chi connectivity index (χ0n) is 12.3. The second-order valence-electron chi connectivity index (χ2n) is 5.54. The number of amides is 1. The summed E-state index contributed by atoms with van der Waals surface area (Å²) in [5.74, 6) is 0.104. The van der Waals surface area contributed by atoms with Crippen molar-refractivity contribution in [2.45, 2.75) is 19.9 Å². The van der Waals surface area contributed by atoms with Gasteiger partial charge < -0.3 is 16.0 Å². The summed E-state index contributed by atoms with van der Waals surface area (Å²) in [6.07, 6.45) is 0. The van der Waals surface area contributed by atoms with Gasteiger partial charge in [-0.1, -0.05) is 12.1 Å². The van der Waals surface area contributed by atoms with Crippen LogP contribution < -0.4 is 16.0 Å². The number of carbonyl (C=O) groups is 1. The normalized spacial score (nSPS) is 16.4. The minimum atomic E-state index is 0.104. The van der Waals surface area contributed by atoms with Gasteiger partial charge in [-0.15, -0.1) is 0 Å². The molecular formula is C15H24N4O. The highest BCUT2D eigenvalue weighted by atomic mass is 16.2. The van der Waals surface area contributed by atoms with E-state index in [1.165, 1.54) is 0 Å². The molecule has 2 rings (SSSR count). The monoisotopic (exact) mass is 276 g/mol. The summed E-state index contributed by atoms with van der Waals surface area (Å²) in [4.78, 5) is 16.2. The largest absolute Gasteiger partial charge is 0.397 e. The quantitative estimate of drug-likeness (QED) is 0.803. The first-order chi connectivity index (χ1) is 9.56. The molecule has 1 saturated heterocycles. The third kappa shape index (κ3) is 3.87. The van der Waals surface area contributed by atoms with Crippen molar-refractivity contribution >= 4 is 17.3 Å². The number of hydrogen-bond donors (Lipinski definition) is 2. The standard InChI is InChI=1S/C15H24N4O/c1-12(2)17-15(20)11-18-7-9-19(10-8-18)14-6-4-3-5-13(14)16/h3-6,12H,7-11,16H2,1-2H3,(H,17,20). The molecule has 1 aromatic carbocycles. The van der Waals surface area contributed by atoms with Crippen LogP contribution in [-0.4, -0.2) is 49.6 Å². The Balaban J connectivity index is 1.84. The Morgan fingerprint density at radius 3 is 2.50 bits per heavy atom. The molecule has 110 valence electrons. The van der Waals surface area contributed by atoms with E-state index in [-0.39, 0.29) is 11.9 Å². The first-order valence-corrected chi connectivity index (χ1v) is 7.17. The van der Waals surface area contributed by atoms with E-state index >= 15 is 0 Å².